The van der Waals surface area contributed by atoms with E-state index in [2.05, 4.69) is 40.7 Å². The summed E-state index contributed by atoms with van der Waals surface area (Å²) in [5.74, 6) is 0.504. The molecule has 0 N–H and O–H groups in total. The number of pyridine rings is 1. The molecule has 0 unspecified atom stereocenters. The normalized spacial score (nSPS) is 19.1. The molecule has 8 nitrogen and oxygen atoms in total. The molecule has 1 aliphatic rings. The zero-order valence-corrected chi connectivity index (χ0v) is 22.0. The summed E-state index contributed by atoms with van der Waals surface area (Å²) in [4.78, 5) is 24.1. The molecule has 1 aromatic carbocycles. The summed E-state index contributed by atoms with van der Waals surface area (Å²) in [6.45, 7) is 7.23. The SMILES string of the molecule is C=N/C(=C\C=C(/C)c1ccc2ncc3c(c2c1)n([C@@H]1CC[C@@H](OC)C1)c(=O)n3C)OCCCN(C)C. The van der Waals surface area contributed by atoms with Crippen LogP contribution in [-0.4, -0.2) is 66.2 Å². The van der Waals surface area contributed by atoms with E-state index in [4.69, 9.17) is 9.47 Å². The number of benzene rings is 1. The monoisotopic (exact) mass is 491 g/mol. The lowest BCUT2D eigenvalue weighted by molar-refractivity contribution is 0.106. The second-order valence-corrected chi connectivity index (χ2v) is 9.78. The van der Waals surface area contributed by atoms with E-state index in [9.17, 15) is 4.79 Å². The number of rotatable bonds is 10. The van der Waals surface area contributed by atoms with Crippen LogP contribution in [0.2, 0.25) is 0 Å². The molecule has 2 aromatic heterocycles. The zero-order chi connectivity index (χ0) is 25.8. The van der Waals surface area contributed by atoms with Crippen molar-refractivity contribution >= 4 is 34.2 Å². The summed E-state index contributed by atoms with van der Waals surface area (Å²) in [6, 6.07) is 6.32. The standard InChI is InChI=1S/C28H37N5O3/c1-19(8-13-26(29-2)36-15-7-14-31(3)4)20-9-12-24-23(16-20)27-25(18-30-24)32(5)28(34)33(27)21-10-11-22(17-21)35-6/h8-9,12-13,16,18,21-22H,2,7,10-11,14-15,17H2,1,3-6H3/b19-8+,26-13+/t21-,22-/m1/s1. The molecular weight excluding hydrogens is 454 g/mol. The van der Waals surface area contributed by atoms with Crippen molar-refractivity contribution in [3.05, 3.63) is 58.5 Å². The molecule has 0 spiro atoms. The van der Waals surface area contributed by atoms with Crippen molar-refractivity contribution < 1.29 is 9.47 Å². The Bertz CT molecular complexity index is 1370. The summed E-state index contributed by atoms with van der Waals surface area (Å²) in [7, 11) is 7.65. The number of methoxy groups -OCH3 is 1. The van der Waals surface area contributed by atoms with E-state index in [0.717, 1.165) is 65.3 Å². The van der Waals surface area contributed by atoms with Gasteiger partial charge < -0.3 is 14.4 Å². The molecule has 4 rings (SSSR count). The van der Waals surface area contributed by atoms with Crippen LogP contribution in [0.3, 0.4) is 0 Å². The molecule has 2 heterocycles. The van der Waals surface area contributed by atoms with Crippen LogP contribution in [-0.2, 0) is 16.5 Å². The average molecular weight is 492 g/mol. The largest absolute Gasteiger partial charge is 0.478 e. The molecule has 1 aliphatic carbocycles. The number of nitrogens with zero attached hydrogens (tertiary/aromatic N) is 5. The molecule has 2 atom stereocenters. The van der Waals surface area contributed by atoms with E-state index >= 15 is 0 Å². The molecule has 0 saturated heterocycles. The number of aryl methyl sites for hydroxylation is 1. The molecule has 3 aromatic rings. The lowest BCUT2D eigenvalue weighted by Gasteiger charge is -2.14. The maximum atomic E-state index is 13.3. The summed E-state index contributed by atoms with van der Waals surface area (Å²) >= 11 is 0. The van der Waals surface area contributed by atoms with Crippen LogP contribution in [0.4, 0.5) is 0 Å². The van der Waals surface area contributed by atoms with Gasteiger partial charge in [0.05, 0.1) is 35.5 Å². The van der Waals surface area contributed by atoms with E-state index in [1.165, 1.54) is 0 Å². The van der Waals surface area contributed by atoms with Gasteiger partial charge in [0, 0.05) is 38.2 Å². The Balaban J connectivity index is 1.70. The van der Waals surface area contributed by atoms with Crippen LogP contribution in [0.25, 0.3) is 27.5 Å². The van der Waals surface area contributed by atoms with E-state index in [1.54, 1.807) is 17.9 Å². The van der Waals surface area contributed by atoms with Crippen molar-refractivity contribution in [2.45, 2.75) is 44.8 Å². The van der Waals surface area contributed by atoms with Crippen molar-refractivity contribution in [1.29, 1.82) is 0 Å². The van der Waals surface area contributed by atoms with Gasteiger partial charge >= 0.3 is 5.69 Å². The maximum Gasteiger partial charge on any atom is 0.329 e. The van der Waals surface area contributed by atoms with E-state index in [0.29, 0.717) is 12.5 Å². The third-order valence-corrected chi connectivity index (χ3v) is 7.06. The number of fused-ring (bicyclic) bond motifs is 3. The third-order valence-electron chi connectivity index (χ3n) is 7.06. The number of aliphatic imine (C=N–C) groups is 1. The molecule has 0 radical (unpaired) electrons. The van der Waals surface area contributed by atoms with Gasteiger partial charge in [0.1, 0.15) is 0 Å². The fourth-order valence-corrected chi connectivity index (χ4v) is 4.97. The van der Waals surface area contributed by atoms with Crippen molar-refractivity contribution in [2.75, 3.05) is 34.4 Å². The topological polar surface area (TPSA) is 73.9 Å². The maximum absolute atomic E-state index is 13.3. The van der Waals surface area contributed by atoms with Gasteiger partial charge in [-0.05, 0) is 76.7 Å². The lowest BCUT2D eigenvalue weighted by Crippen LogP contribution is -2.25. The van der Waals surface area contributed by atoms with Crippen molar-refractivity contribution in [2.24, 2.45) is 12.0 Å². The van der Waals surface area contributed by atoms with Gasteiger partial charge in [-0.2, -0.15) is 0 Å². The fraction of sp³-hybridized carbons (Fsp3) is 0.464. The van der Waals surface area contributed by atoms with Crippen LogP contribution >= 0.6 is 0 Å². The number of ether oxygens (including phenoxy) is 2. The number of aromatic nitrogens is 3. The van der Waals surface area contributed by atoms with Gasteiger partial charge in [-0.15, -0.1) is 0 Å². The van der Waals surface area contributed by atoms with Gasteiger partial charge in [0.2, 0.25) is 5.88 Å². The first-order chi connectivity index (χ1) is 17.3. The highest BCUT2D eigenvalue weighted by Gasteiger charge is 2.29. The first-order valence-electron chi connectivity index (χ1n) is 12.5. The van der Waals surface area contributed by atoms with E-state index in [-0.39, 0.29) is 17.8 Å². The Morgan fingerprint density at radius 1 is 1.31 bits per heavy atom. The molecule has 1 fully saturated rings. The first kappa shape index (κ1) is 25.9. The van der Waals surface area contributed by atoms with Crippen LogP contribution in [0.15, 0.2) is 52.2 Å². The van der Waals surface area contributed by atoms with Crippen molar-refractivity contribution in [1.82, 2.24) is 19.0 Å². The summed E-state index contributed by atoms with van der Waals surface area (Å²) in [5, 5.41) is 0.974. The summed E-state index contributed by atoms with van der Waals surface area (Å²) in [6.07, 6.45) is 9.48. The minimum Gasteiger partial charge on any atom is -0.478 e. The number of allylic oxidation sites excluding steroid dienone is 3. The predicted molar refractivity (Wildman–Crippen MR) is 147 cm³/mol. The first-order valence-corrected chi connectivity index (χ1v) is 12.5. The molecule has 8 heteroatoms. The molecule has 0 amide bonds. The third kappa shape index (κ3) is 5.29. The molecule has 1 saturated carbocycles. The summed E-state index contributed by atoms with van der Waals surface area (Å²) < 4.78 is 15.0. The fourth-order valence-electron chi connectivity index (χ4n) is 4.97. The molecule has 192 valence electrons. The van der Waals surface area contributed by atoms with Gasteiger partial charge in [-0.3, -0.25) is 14.1 Å². The Hall–Kier alpha value is -3.23. The number of hydrogen-bond acceptors (Lipinski definition) is 6. The van der Waals surface area contributed by atoms with Gasteiger partial charge in [-0.25, -0.2) is 9.79 Å². The zero-order valence-electron chi connectivity index (χ0n) is 22.0. The second kappa shape index (κ2) is 11.2. The summed E-state index contributed by atoms with van der Waals surface area (Å²) in [5.41, 5.74) is 4.75. The Kier molecular flexibility index (Phi) is 8.06. The Morgan fingerprint density at radius 2 is 2.11 bits per heavy atom. The molecular formula is C28H37N5O3. The highest BCUT2D eigenvalue weighted by atomic mass is 16.5. The quantitative estimate of drug-likeness (QED) is 0.180. The van der Waals surface area contributed by atoms with E-state index in [1.807, 2.05) is 43.9 Å². The number of imidazole rings is 1. The van der Waals surface area contributed by atoms with E-state index < -0.39 is 0 Å². The van der Waals surface area contributed by atoms with Crippen LogP contribution in [0.1, 0.15) is 44.2 Å². The van der Waals surface area contributed by atoms with Gasteiger partial charge in [0.25, 0.3) is 0 Å². The molecule has 36 heavy (non-hydrogen) atoms. The lowest BCUT2D eigenvalue weighted by atomic mass is 10.0. The van der Waals surface area contributed by atoms with Crippen molar-refractivity contribution in [3.8, 4) is 0 Å². The average Bonchev–Trinajstić information content (AvgIpc) is 3.45. The smallest absolute Gasteiger partial charge is 0.329 e. The highest BCUT2D eigenvalue weighted by Crippen LogP contribution is 2.35. The Morgan fingerprint density at radius 3 is 2.81 bits per heavy atom. The van der Waals surface area contributed by atoms with Crippen LogP contribution in [0.5, 0.6) is 0 Å². The number of hydrogen-bond donors (Lipinski definition) is 0. The van der Waals surface area contributed by atoms with Crippen LogP contribution in [0, 0.1) is 0 Å². The van der Waals surface area contributed by atoms with Gasteiger partial charge in [0.15, 0.2) is 0 Å². The predicted octanol–water partition coefficient (Wildman–Crippen LogP) is 4.54. The Labute approximate surface area is 212 Å². The van der Waals surface area contributed by atoms with Crippen LogP contribution < -0.4 is 5.69 Å². The van der Waals surface area contributed by atoms with Crippen molar-refractivity contribution in [3.63, 3.8) is 0 Å². The minimum atomic E-state index is -0.00484. The molecule has 0 aliphatic heterocycles. The second-order valence-electron chi connectivity index (χ2n) is 9.78. The minimum absolute atomic E-state index is 0.00484. The highest BCUT2D eigenvalue weighted by molar-refractivity contribution is 6.03. The van der Waals surface area contributed by atoms with Gasteiger partial charge in [-0.1, -0.05) is 12.1 Å². The molecule has 0 bridgehead atoms.